The summed E-state index contributed by atoms with van der Waals surface area (Å²) in [6.45, 7) is 3.07. The highest BCUT2D eigenvalue weighted by atomic mass is 16.6. The van der Waals surface area contributed by atoms with Gasteiger partial charge in [0.2, 0.25) is 0 Å². The van der Waals surface area contributed by atoms with E-state index in [1.54, 1.807) is 13.8 Å². The Bertz CT molecular complexity index is 694. The Morgan fingerprint density at radius 1 is 1.04 bits per heavy atom. The van der Waals surface area contributed by atoms with Gasteiger partial charge in [-0.05, 0) is 31.9 Å². The molecule has 0 aliphatic carbocycles. The minimum Gasteiger partial charge on any atom is -0.480 e. The Morgan fingerprint density at radius 2 is 1.52 bits per heavy atom. The van der Waals surface area contributed by atoms with E-state index in [2.05, 4.69) is 5.32 Å². The van der Waals surface area contributed by atoms with E-state index in [1.165, 1.54) is 0 Å². The van der Waals surface area contributed by atoms with Crippen molar-refractivity contribution in [3.05, 3.63) is 71.8 Å². The molecule has 2 aromatic carbocycles. The van der Waals surface area contributed by atoms with Crippen LogP contribution >= 0.6 is 0 Å². The molecule has 0 radical (unpaired) electrons. The summed E-state index contributed by atoms with van der Waals surface area (Å²) in [6.07, 6.45) is -0.855. The molecule has 0 aliphatic heterocycles. The second kappa shape index (κ2) is 7.83. The van der Waals surface area contributed by atoms with Gasteiger partial charge in [-0.25, -0.2) is 9.59 Å². The summed E-state index contributed by atoms with van der Waals surface area (Å²) in [6, 6.07) is 17.1. The van der Waals surface area contributed by atoms with Crippen molar-refractivity contribution in [2.75, 3.05) is 0 Å². The lowest BCUT2D eigenvalue weighted by atomic mass is 9.85. The molecule has 132 valence electrons. The van der Waals surface area contributed by atoms with Gasteiger partial charge in [0.15, 0.2) is 0 Å². The predicted octanol–water partition coefficient (Wildman–Crippen LogP) is 3.80. The van der Waals surface area contributed by atoms with E-state index in [4.69, 9.17) is 6.11 Å². The Labute approximate surface area is 149 Å². The summed E-state index contributed by atoms with van der Waals surface area (Å²) in [5.74, 6) is -1.75. The molecule has 1 amide bonds. The monoisotopic (exact) mass is 342 g/mol. The zero-order valence-electron chi connectivity index (χ0n) is 15.3. The Morgan fingerprint density at radius 3 is 1.92 bits per heavy atom. The number of carboxylic acid groups (broad SMARTS) is 1. The first-order valence-corrected chi connectivity index (χ1v) is 7.95. The second-order valence-electron chi connectivity index (χ2n) is 6.41. The molecular formula is C20H23NO4. The van der Waals surface area contributed by atoms with E-state index in [0.29, 0.717) is 0 Å². The van der Waals surface area contributed by atoms with Gasteiger partial charge in [-0.3, -0.25) is 0 Å². The van der Waals surface area contributed by atoms with Crippen LogP contribution in [-0.2, 0) is 9.53 Å². The highest BCUT2D eigenvalue weighted by Crippen LogP contribution is 2.28. The van der Waals surface area contributed by atoms with Gasteiger partial charge in [0, 0.05) is 7.29 Å². The molecule has 2 aromatic rings. The van der Waals surface area contributed by atoms with Crippen molar-refractivity contribution in [1.82, 2.24) is 5.32 Å². The van der Waals surface area contributed by atoms with E-state index in [-0.39, 0.29) is 6.90 Å². The molecular weight excluding hydrogens is 318 g/mol. The number of carboxylic acids is 1. The number of amides is 1. The molecule has 2 N–H and O–H groups in total. The Hall–Kier alpha value is -2.82. The molecule has 0 aliphatic rings. The van der Waals surface area contributed by atoms with Crippen LogP contribution in [0, 0.1) is 0 Å². The molecule has 0 spiro atoms. The quantitative estimate of drug-likeness (QED) is 0.867. The van der Waals surface area contributed by atoms with E-state index < -0.39 is 29.6 Å². The topological polar surface area (TPSA) is 75.6 Å². The fourth-order valence-electron chi connectivity index (χ4n) is 2.59. The summed E-state index contributed by atoms with van der Waals surface area (Å²) in [5, 5.41) is 12.2. The van der Waals surface area contributed by atoms with Gasteiger partial charge >= 0.3 is 12.1 Å². The van der Waals surface area contributed by atoms with Gasteiger partial charge < -0.3 is 15.2 Å². The normalized spacial score (nSPS) is 13.0. The van der Waals surface area contributed by atoms with Gasteiger partial charge in [0.25, 0.3) is 0 Å². The number of carbonyl (C=O) groups is 2. The number of hydrogen-bond acceptors (Lipinski definition) is 3. The van der Waals surface area contributed by atoms with Crippen LogP contribution in [0.25, 0.3) is 0 Å². The smallest absolute Gasteiger partial charge is 0.408 e. The third-order valence-corrected chi connectivity index (χ3v) is 3.56. The van der Waals surface area contributed by atoms with Gasteiger partial charge in [-0.2, -0.15) is 0 Å². The number of carbonyl (C=O) groups excluding carboxylic acids is 1. The number of alkyl carbamates (subject to hydrolysis) is 1. The van der Waals surface area contributed by atoms with Crippen molar-refractivity contribution in [2.24, 2.45) is 0 Å². The average molecular weight is 342 g/mol. The van der Waals surface area contributed by atoms with E-state index in [1.807, 2.05) is 60.7 Å². The molecule has 25 heavy (non-hydrogen) atoms. The highest BCUT2D eigenvalue weighted by molar-refractivity contribution is 5.82. The van der Waals surface area contributed by atoms with E-state index in [0.717, 1.165) is 11.1 Å². The van der Waals surface area contributed by atoms with Crippen LogP contribution in [0.2, 0.25) is 0 Å². The van der Waals surface area contributed by atoms with E-state index in [9.17, 15) is 14.7 Å². The lowest BCUT2D eigenvalue weighted by Crippen LogP contribution is -2.47. The summed E-state index contributed by atoms with van der Waals surface area (Å²) in [7, 11) is 0. The zero-order chi connectivity index (χ0) is 19.2. The molecule has 0 bridgehead atoms. The zero-order valence-corrected chi connectivity index (χ0v) is 14.3. The summed E-state index contributed by atoms with van der Waals surface area (Å²) < 4.78 is 12.6. The maximum Gasteiger partial charge on any atom is 0.408 e. The fraction of sp³-hybridized carbons (Fsp3) is 0.300. The van der Waals surface area contributed by atoms with Crippen molar-refractivity contribution in [1.29, 1.82) is 0 Å². The lowest BCUT2D eigenvalue weighted by Gasteiger charge is -2.27. The summed E-state index contributed by atoms with van der Waals surface area (Å²) >= 11 is 0. The molecule has 5 nitrogen and oxygen atoms in total. The minimum atomic E-state index is -1.21. The van der Waals surface area contributed by atoms with Crippen molar-refractivity contribution in [2.45, 2.75) is 38.3 Å². The molecule has 5 heteroatoms. The van der Waals surface area contributed by atoms with Crippen LogP contribution in [-0.4, -0.2) is 28.8 Å². The van der Waals surface area contributed by atoms with Crippen LogP contribution in [0.1, 0.15) is 39.2 Å². The number of aliphatic carboxylic acids is 1. The van der Waals surface area contributed by atoms with Gasteiger partial charge in [0.1, 0.15) is 11.6 Å². The molecule has 0 saturated carbocycles. The van der Waals surface area contributed by atoms with Crippen LogP contribution in [0.4, 0.5) is 4.79 Å². The van der Waals surface area contributed by atoms with Crippen LogP contribution < -0.4 is 5.32 Å². The number of hydrogen-bond donors (Lipinski definition) is 2. The van der Waals surface area contributed by atoms with Crippen molar-refractivity contribution < 1.29 is 20.8 Å². The first kappa shape index (κ1) is 17.0. The van der Waals surface area contributed by atoms with Crippen LogP contribution in [0.5, 0.6) is 0 Å². The highest BCUT2D eigenvalue weighted by Gasteiger charge is 2.33. The maximum absolute atomic E-state index is 12.2. The fourth-order valence-corrected chi connectivity index (χ4v) is 2.59. The van der Waals surface area contributed by atoms with Gasteiger partial charge in [-0.15, -0.1) is 0 Å². The average Bonchev–Trinajstić information content (AvgIpc) is 2.62. The number of nitrogens with one attached hydrogen (secondary N) is 1. The molecule has 0 heterocycles. The third-order valence-electron chi connectivity index (χ3n) is 3.56. The second-order valence-corrected chi connectivity index (χ2v) is 6.41. The minimum absolute atomic E-state index is 0.126. The standard InChI is InChI=1S/C20H23NO4/c1-20(2,3)25-19(24)21-17(18(22)23)16(14-10-6-4-7-11-14)15-12-8-5-9-13-15/h4-13,16-17H,1-3H3,(H,21,24)(H,22,23)/t17-/m0/s1/i1D. The lowest BCUT2D eigenvalue weighted by molar-refractivity contribution is -0.139. The van der Waals surface area contributed by atoms with Crippen LogP contribution in [0.15, 0.2) is 60.7 Å². The molecule has 0 saturated heterocycles. The number of ether oxygens (including phenoxy) is 1. The SMILES string of the molecule is [2H]CC(C)(C)OC(=O)N[C@H](C(=O)O)C(c1ccccc1)c1ccccc1. The summed E-state index contributed by atoms with van der Waals surface area (Å²) in [4.78, 5) is 24.2. The Kier molecular flexibility index (Phi) is 5.33. The first-order chi connectivity index (χ1) is 12.3. The van der Waals surface area contributed by atoms with Gasteiger partial charge in [-0.1, -0.05) is 60.7 Å². The van der Waals surface area contributed by atoms with E-state index >= 15 is 0 Å². The number of benzene rings is 2. The Balaban J connectivity index is 2.36. The van der Waals surface area contributed by atoms with Crippen molar-refractivity contribution in [3.8, 4) is 0 Å². The first-order valence-electron chi connectivity index (χ1n) is 8.66. The molecule has 0 fully saturated rings. The third kappa shape index (κ3) is 5.35. The van der Waals surface area contributed by atoms with Crippen LogP contribution in [0.3, 0.4) is 0 Å². The largest absolute Gasteiger partial charge is 0.480 e. The number of rotatable bonds is 5. The van der Waals surface area contributed by atoms with Gasteiger partial charge in [0.05, 0.1) is 0 Å². The van der Waals surface area contributed by atoms with Crippen molar-refractivity contribution in [3.63, 3.8) is 0 Å². The molecule has 2 rings (SSSR count). The predicted molar refractivity (Wildman–Crippen MR) is 95.5 cm³/mol. The van der Waals surface area contributed by atoms with Crippen molar-refractivity contribution >= 4 is 12.1 Å². The molecule has 0 aromatic heterocycles. The summed E-state index contributed by atoms with van der Waals surface area (Å²) in [5.41, 5.74) is 0.541. The molecule has 1 atom stereocenters. The maximum atomic E-state index is 12.2. The molecule has 0 unspecified atom stereocenters.